The van der Waals surface area contributed by atoms with Crippen molar-refractivity contribution in [1.82, 2.24) is 4.90 Å². The van der Waals surface area contributed by atoms with Gasteiger partial charge in [-0.15, -0.1) is 0 Å². The maximum atomic E-state index is 2.52. The largest absolute Gasteiger partial charge is 0.306 e. The second-order valence-electron chi connectivity index (χ2n) is 6.79. The van der Waals surface area contributed by atoms with Gasteiger partial charge in [0.1, 0.15) is 0 Å². The van der Waals surface area contributed by atoms with E-state index >= 15 is 0 Å². The summed E-state index contributed by atoms with van der Waals surface area (Å²) < 4.78 is 0. The second-order valence-corrected chi connectivity index (χ2v) is 6.79. The highest BCUT2D eigenvalue weighted by atomic mass is 15.1. The molecular formula is C15H31N. The third-order valence-corrected chi connectivity index (χ3v) is 3.73. The second kappa shape index (κ2) is 6.64. The van der Waals surface area contributed by atoms with E-state index in [0.717, 1.165) is 23.7 Å². The fraction of sp³-hybridized carbons (Fsp3) is 1.00. The Labute approximate surface area is 103 Å². The fourth-order valence-electron chi connectivity index (χ4n) is 2.97. The molecule has 1 saturated carbocycles. The highest BCUT2D eigenvalue weighted by Gasteiger charge is 2.29. The van der Waals surface area contributed by atoms with Gasteiger partial charge in [0.15, 0.2) is 0 Å². The number of hydrogen-bond acceptors (Lipinski definition) is 1. The molecule has 0 saturated heterocycles. The van der Waals surface area contributed by atoms with E-state index in [-0.39, 0.29) is 0 Å². The van der Waals surface area contributed by atoms with Crippen molar-refractivity contribution >= 4 is 0 Å². The van der Waals surface area contributed by atoms with Crippen LogP contribution in [0.1, 0.15) is 53.4 Å². The normalized spacial score (nSPS) is 25.5. The summed E-state index contributed by atoms with van der Waals surface area (Å²) in [5, 5.41) is 0. The van der Waals surface area contributed by atoms with Crippen molar-refractivity contribution in [3.8, 4) is 0 Å². The zero-order valence-electron chi connectivity index (χ0n) is 12.0. The van der Waals surface area contributed by atoms with E-state index < -0.39 is 0 Å². The van der Waals surface area contributed by atoms with Gasteiger partial charge >= 0.3 is 0 Å². The molecule has 0 aromatic carbocycles. The predicted octanol–water partition coefficient (Wildman–Crippen LogP) is 4.04. The average Bonchev–Trinajstić information content (AvgIpc) is 2.06. The molecule has 1 rings (SSSR count). The Hall–Kier alpha value is -0.0400. The van der Waals surface area contributed by atoms with Crippen LogP contribution >= 0.6 is 0 Å². The summed E-state index contributed by atoms with van der Waals surface area (Å²) >= 11 is 0. The Morgan fingerprint density at radius 1 is 1.00 bits per heavy atom. The van der Waals surface area contributed by atoms with E-state index in [1.165, 1.54) is 38.8 Å². The highest BCUT2D eigenvalue weighted by molar-refractivity contribution is 4.81. The summed E-state index contributed by atoms with van der Waals surface area (Å²) in [6.45, 7) is 11.9. The zero-order valence-corrected chi connectivity index (χ0v) is 12.0. The summed E-state index contributed by atoms with van der Waals surface area (Å²) in [4.78, 5) is 2.52. The average molecular weight is 225 g/mol. The van der Waals surface area contributed by atoms with Gasteiger partial charge in [-0.25, -0.2) is 0 Å². The van der Waals surface area contributed by atoms with Gasteiger partial charge in [0.05, 0.1) is 0 Å². The molecule has 0 radical (unpaired) electrons. The molecule has 16 heavy (non-hydrogen) atoms. The first-order valence-corrected chi connectivity index (χ1v) is 7.16. The fourth-order valence-corrected chi connectivity index (χ4v) is 2.97. The zero-order chi connectivity index (χ0) is 12.1. The van der Waals surface area contributed by atoms with E-state index in [1.807, 2.05) is 0 Å². The number of hydrogen-bond donors (Lipinski definition) is 0. The SMILES string of the molecule is CC(C)CCC1CC(CN(C)CC(C)C)C1. The van der Waals surface area contributed by atoms with Gasteiger partial charge in [-0.2, -0.15) is 0 Å². The van der Waals surface area contributed by atoms with Crippen molar-refractivity contribution in [2.24, 2.45) is 23.7 Å². The topological polar surface area (TPSA) is 3.24 Å². The molecule has 1 fully saturated rings. The molecule has 0 unspecified atom stereocenters. The van der Waals surface area contributed by atoms with E-state index in [0.29, 0.717) is 0 Å². The van der Waals surface area contributed by atoms with Crippen LogP contribution in [0.5, 0.6) is 0 Å². The Morgan fingerprint density at radius 3 is 2.12 bits per heavy atom. The Kier molecular flexibility index (Phi) is 5.82. The van der Waals surface area contributed by atoms with Crippen molar-refractivity contribution in [2.75, 3.05) is 20.1 Å². The molecule has 0 atom stereocenters. The lowest BCUT2D eigenvalue weighted by Crippen LogP contribution is -2.36. The molecule has 0 aromatic heterocycles. The Balaban J connectivity index is 2.03. The lowest BCUT2D eigenvalue weighted by molar-refractivity contribution is 0.122. The van der Waals surface area contributed by atoms with Crippen LogP contribution in [0.4, 0.5) is 0 Å². The van der Waals surface area contributed by atoms with Crippen molar-refractivity contribution in [2.45, 2.75) is 53.4 Å². The molecule has 0 spiro atoms. The molecule has 0 bridgehead atoms. The molecule has 1 heteroatoms. The third-order valence-electron chi connectivity index (χ3n) is 3.73. The van der Waals surface area contributed by atoms with Crippen LogP contribution in [0.15, 0.2) is 0 Å². The lowest BCUT2D eigenvalue weighted by atomic mass is 9.72. The molecule has 96 valence electrons. The first kappa shape index (κ1) is 14.0. The highest BCUT2D eigenvalue weighted by Crippen LogP contribution is 2.37. The van der Waals surface area contributed by atoms with Crippen LogP contribution in [0.2, 0.25) is 0 Å². The van der Waals surface area contributed by atoms with Crippen LogP contribution in [-0.2, 0) is 0 Å². The van der Waals surface area contributed by atoms with Gasteiger partial charge in [0.25, 0.3) is 0 Å². The van der Waals surface area contributed by atoms with Gasteiger partial charge in [-0.05, 0) is 43.6 Å². The summed E-state index contributed by atoms with van der Waals surface area (Å²) in [7, 11) is 2.28. The Morgan fingerprint density at radius 2 is 1.62 bits per heavy atom. The van der Waals surface area contributed by atoms with E-state index in [1.54, 1.807) is 0 Å². The molecule has 0 heterocycles. The van der Waals surface area contributed by atoms with Crippen molar-refractivity contribution in [1.29, 1.82) is 0 Å². The molecular weight excluding hydrogens is 194 g/mol. The first-order valence-electron chi connectivity index (χ1n) is 7.16. The van der Waals surface area contributed by atoms with E-state index in [2.05, 4.69) is 39.6 Å². The van der Waals surface area contributed by atoms with Gasteiger partial charge in [0, 0.05) is 13.1 Å². The van der Waals surface area contributed by atoms with Gasteiger partial charge in [0.2, 0.25) is 0 Å². The first-order chi connectivity index (χ1) is 7.47. The number of rotatable bonds is 7. The quantitative estimate of drug-likeness (QED) is 0.632. The van der Waals surface area contributed by atoms with Gasteiger partial charge in [-0.3, -0.25) is 0 Å². The van der Waals surface area contributed by atoms with Crippen LogP contribution < -0.4 is 0 Å². The number of nitrogens with zero attached hydrogens (tertiary/aromatic N) is 1. The summed E-state index contributed by atoms with van der Waals surface area (Å²) in [6, 6.07) is 0. The maximum absolute atomic E-state index is 2.52. The maximum Gasteiger partial charge on any atom is 0.000692 e. The molecule has 1 aliphatic rings. The van der Waals surface area contributed by atoms with Crippen LogP contribution in [0, 0.1) is 23.7 Å². The van der Waals surface area contributed by atoms with E-state index in [4.69, 9.17) is 0 Å². The third kappa shape index (κ3) is 5.34. The lowest BCUT2D eigenvalue weighted by Gasteiger charge is -2.38. The molecule has 1 aliphatic carbocycles. The minimum atomic E-state index is 0.807. The minimum absolute atomic E-state index is 0.807. The molecule has 0 amide bonds. The molecule has 0 aromatic rings. The van der Waals surface area contributed by atoms with Crippen molar-refractivity contribution < 1.29 is 0 Å². The minimum Gasteiger partial charge on any atom is -0.306 e. The van der Waals surface area contributed by atoms with Crippen molar-refractivity contribution in [3.63, 3.8) is 0 Å². The summed E-state index contributed by atoms with van der Waals surface area (Å²) in [5.74, 6) is 3.75. The van der Waals surface area contributed by atoms with Crippen LogP contribution in [0.3, 0.4) is 0 Å². The van der Waals surface area contributed by atoms with Crippen LogP contribution in [0.25, 0.3) is 0 Å². The predicted molar refractivity (Wildman–Crippen MR) is 72.6 cm³/mol. The standard InChI is InChI=1S/C15H31N/c1-12(2)6-7-14-8-15(9-14)11-16(5)10-13(3)4/h12-15H,6-11H2,1-5H3. The summed E-state index contributed by atoms with van der Waals surface area (Å²) in [6.07, 6.45) is 5.89. The van der Waals surface area contributed by atoms with Crippen molar-refractivity contribution in [3.05, 3.63) is 0 Å². The smallest absolute Gasteiger partial charge is 0.000692 e. The van der Waals surface area contributed by atoms with Crippen LogP contribution in [-0.4, -0.2) is 25.0 Å². The van der Waals surface area contributed by atoms with Gasteiger partial charge < -0.3 is 4.90 Å². The summed E-state index contributed by atoms with van der Waals surface area (Å²) in [5.41, 5.74) is 0. The monoisotopic (exact) mass is 225 g/mol. The van der Waals surface area contributed by atoms with E-state index in [9.17, 15) is 0 Å². The molecule has 1 nitrogen and oxygen atoms in total. The van der Waals surface area contributed by atoms with Gasteiger partial charge in [-0.1, -0.05) is 40.5 Å². The molecule has 0 N–H and O–H groups in total. The Bertz CT molecular complexity index is 180. The molecule has 0 aliphatic heterocycles.